The topological polar surface area (TPSA) is 48.3 Å². The molecular formula is C16H33N3O. The zero-order chi connectivity index (χ0) is 15.4. The van der Waals surface area contributed by atoms with Crippen molar-refractivity contribution in [2.75, 3.05) is 32.8 Å². The van der Waals surface area contributed by atoms with Gasteiger partial charge in [0.25, 0.3) is 0 Å². The van der Waals surface area contributed by atoms with Crippen molar-refractivity contribution in [3.63, 3.8) is 0 Å². The second kappa shape index (κ2) is 11.1. The third kappa shape index (κ3) is 7.84. The van der Waals surface area contributed by atoms with Gasteiger partial charge in [0.15, 0.2) is 0 Å². The molecule has 1 unspecified atom stereocenters. The molecule has 0 saturated heterocycles. The highest BCUT2D eigenvalue weighted by atomic mass is 16.5. The van der Waals surface area contributed by atoms with Crippen molar-refractivity contribution in [2.45, 2.75) is 65.5 Å². The molecule has 1 N–H and O–H groups in total. The molecule has 0 radical (unpaired) electrons. The van der Waals surface area contributed by atoms with Crippen LogP contribution in [0.1, 0.15) is 53.9 Å². The van der Waals surface area contributed by atoms with Crippen LogP contribution < -0.4 is 5.32 Å². The van der Waals surface area contributed by atoms with Crippen LogP contribution in [0.4, 0.5) is 0 Å². The summed E-state index contributed by atoms with van der Waals surface area (Å²) in [6.45, 7) is 15.1. The minimum Gasteiger partial charge on any atom is -0.380 e. The van der Waals surface area contributed by atoms with Crippen molar-refractivity contribution < 1.29 is 4.74 Å². The Labute approximate surface area is 125 Å². The van der Waals surface area contributed by atoms with Crippen molar-refractivity contribution in [3.8, 4) is 6.07 Å². The SMILES string of the molecule is CCOCCN(CC)CCCC(C#N)(CC)NC(C)C. The quantitative estimate of drug-likeness (QED) is 0.560. The summed E-state index contributed by atoms with van der Waals surface area (Å²) in [6, 6.07) is 2.83. The van der Waals surface area contributed by atoms with Crippen molar-refractivity contribution in [1.82, 2.24) is 10.2 Å². The molecule has 0 heterocycles. The van der Waals surface area contributed by atoms with Crippen LogP contribution in [-0.4, -0.2) is 49.3 Å². The zero-order valence-electron chi connectivity index (χ0n) is 14.0. The number of nitrogens with one attached hydrogen (secondary N) is 1. The van der Waals surface area contributed by atoms with Gasteiger partial charge in [0, 0.05) is 19.2 Å². The monoisotopic (exact) mass is 283 g/mol. The molecule has 20 heavy (non-hydrogen) atoms. The summed E-state index contributed by atoms with van der Waals surface area (Å²) in [6.07, 6.45) is 2.80. The van der Waals surface area contributed by atoms with Crippen molar-refractivity contribution >= 4 is 0 Å². The lowest BCUT2D eigenvalue weighted by Gasteiger charge is -2.30. The van der Waals surface area contributed by atoms with Crippen LogP contribution in [0.3, 0.4) is 0 Å². The Morgan fingerprint density at radius 3 is 2.40 bits per heavy atom. The van der Waals surface area contributed by atoms with Crippen LogP contribution in [0, 0.1) is 11.3 Å². The maximum absolute atomic E-state index is 9.48. The summed E-state index contributed by atoms with van der Waals surface area (Å²) in [4.78, 5) is 2.39. The molecule has 0 aliphatic carbocycles. The van der Waals surface area contributed by atoms with Gasteiger partial charge < -0.3 is 9.64 Å². The number of hydrogen-bond donors (Lipinski definition) is 1. The summed E-state index contributed by atoms with van der Waals surface area (Å²) in [5.41, 5.74) is -0.368. The molecule has 0 aromatic heterocycles. The fourth-order valence-electron chi connectivity index (χ4n) is 2.44. The molecule has 0 aliphatic heterocycles. The van der Waals surface area contributed by atoms with E-state index in [-0.39, 0.29) is 5.54 Å². The molecule has 4 nitrogen and oxygen atoms in total. The predicted molar refractivity (Wildman–Crippen MR) is 84.7 cm³/mol. The molecule has 0 amide bonds. The van der Waals surface area contributed by atoms with Crippen LogP contribution in [0.2, 0.25) is 0 Å². The molecule has 118 valence electrons. The molecule has 0 bridgehead atoms. The lowest BCUT2D eigenvalue weighted by Crippen LogP contribution is -2.47. The fourth-order valence-corrected chi connectivity index (χ4v) is 2.44. The number of nitriles is 1. The first-order valence-corrected chi connectivity index (χ1v) is 8.02. The van der Waals surface area contributed by atoms with E-state index < -0.39 is 0 Å². The number of hydrogen-bond acceptors (Lipinski definition) is 4. The second-order valence-electron chi connectivity index (χ2n) is 5.58. The smallest absolute Gasteiger partial charge is 0.106 e. The van der Waals surface area contributed by atoms with Crippen molar-refractivity contribution in [1.29, 1.82) is 5.26 Å². The van der Waals surface area contributed by atoms with E-state index >= 15 is 0 Å². The summed E-state index contributed by atoms with van der Waals surface area (Å²) < 4.78 is 5.40. The molecule has 4 heteroatoms. The molecular weight excluding hydrogens is 250 g/mol. The highest BCUT2D eigenvalue weighted by Crippen LogP contribution is 2.18. The van der Waals surface area contributed by atoms with E-state index in [9.17, 15) is 5.26 Å². The van der Waals surface area contributed by atoms with Gasteiger partial charge in [-0.25, -0.2) is 0 Å². The van der Waals surface area contributed by atoms with Crippen molar-refractivity contribution in [3.05, 3.63) is 0 Å². The Hall–Kier alpha value is -0.630. The minimum absolute atomic E-state index is 0.342. The van der Waals surface area contributed by atoms with E-state index in [4.69, 9.17) is 4.74 Å². The zero-order valence-corrected chi connectivity index (χ0v) is 14.0. The van der Waals surface area contributed by atoms with Crippen LogP contribution in [0.25, 0.3) is 0 Å². The van der Waals surface area contributed by atoms with E-state index in [1.165, 1.54) is 0 Å². The molecule has 0 spiro atoms. The summed E-state index contributed by atoms with van der Waals surface area (Å²) >= 11 is 0. The van der Waals surface area contributed by atoms with Gasteiger partial charge in [0.2, 0.25) is 0 Å². The molecule has 0 aromatic rings. The highest BCUT2D eigenvalue weighted by molar-refractivity contribution is 5.06. The Bertz CT molecular complexity index is 275. The standard InChI is InChI=1S/C16H33N3O/c1-6-16(14-17,18-15(4)5)10-9-11-19(7-2)12-13-20-8-3/h15,18H,6-13H2,1-5H3. The molecule has 0 saturated carbocycles. The van der Waals surface area contributed by atoms with Crippen molar-refractivity contribution in [2.24, 2.45) is 0 Å². The van der Waals surface area contributed by atoms with Gasteiger partial charge in [-0.15, -0.1) is 0 Å². The van der Waals surface area contributed by atoms with Gasteiger partial charge in [-0.05, 0) is 53.1 Å². The molecule has 0 fully saturated rings. The first-order chi connectivity index (χ1) is 9.53. The Morgan fingerprint density at radius 2 is 1.95 bits per heavy atom. The average molecular weight is 283 g/mol. The number of nitrogens with zero attached hydrogens (tertiary/aromatic N) is 2. The number of likely N-dealkylation sites (N-methyl/N-ethyl adjacent to an activating group) is 1. The molecule has 0 rings (SSSR count). The van der Waals surface area contributed by atoms with E-state index in [0.717, 1.165) is 52.1 Å². The Balaban J connectivity index is 4.18. The second-order valence-corrected chi connectivity index (χ2v) is 5.58. The van der Waals surface area contributed by atoms with E-state index in [1.807, 2.05) is 6.92 Å². The Morgan fingerprint density at radius 1 is 1.25 bits per heavy atom. The average Bonchev–Trinajstić information content (AvgIpc) is 2.44. The number of rotatable bonds is 12. The lowest BCUT2D eigenvalue weighted by atomic mass is 9.91. The van der Waals surface area contributed by atoms with E-state index in [1.54, 1.807) is 0 Å². The fraction of sp³-hybridized carbons (Fsp3) is 0.938. The molecule has 0 aliphatic rings. The number of ether oxygens (including phenoxy) is 1. The van der Waals surface area contributed by atoms with Gasteiger partial charge in [-0.3, -0.25) is 5.32 Å². The van der Waals surface area contributed by atoms with E-state index in [0.29, 0.717) is 6.04 Å². The Kier molecular flexibility index (Phi) is 10.7. The normalized spacial score (nSPS) is 14.5. The van der Waals surface area contributed by atoms with Gasteiger partial charge in [-0.2, -0.15) is 5.26 Å². The van der Waals surface area contributed by atoms with Gasteiger partial charge in [0.05, 0.1) is 12.7 Å². The van der Waals surface area contributed by atoms with Gasteiger partial charge in [0.1, 0.15) is 5.54 Å². The predicted octanol–water partition coefficient (Wildman–Crippen LogP) is 2.80. The third-order valence-corrected chi connectivity index (χ3v) is 3.66. The minimum atomic E-state index is -0.368. The summed E-state index contributed by atoms with van der Waals surface area (Å²) in [7, 11) is 0. The third-order valence-electron chi connectivity index (χ3n) is 3.66. The largest absolute Gasteiger partial charge is 0.380 e. The van der Waals surface area contributed by atoms with Crippen LogP contribution in [-0.2, 0) is 4.74 Å². The summed E-state index contributed by atoms with van der Waals surface area (Å²) in [5.74, 6) is 0. The lowest BCUT2D eigenvalue weighted by molar-refractivity contribution is 0.113. The maximum Gasteiger partial charge on any atom is 0.106 e. The van der Waals surface area contributed by atoms with Crippen LogP contribution in [0.15, 0.2) is 0 Å². The van der Waals surface area contributed by atoms with Gasteiger partial charge >= 0.3 is 0 Å². The van der Waals surface area contributed by atoms with Crippen LogP contribution >= 0.6 is 0 Å². The summed E-state index contributed by atoms with van der Waals surface area (Å²) in [5, 5.41) is 12.9. The van der Waals surface area contributed by atoms with E-state index in [2.05, 4.69) is 44.0 Å². The van der Waals surface area contributed by atoms with Gasteiger partial charge in [-0.1, -0.05) is 13.8 Å². The van der Waals surface area contributed by atoms with Crippen LogP contribution in [0.5, 0.6) is 0 Å². The maximum atomic E-state index is 9.48. The molecule has 0 aromatic carbocycles. The highest BCUT2D eigenvalue weighted by Gasteiger charge is 2.27. The molecule has 1 atom stereocenters. The first-order valence-electron chi connectivity index (χ1n) is 8.02. The first kappa shape index (κ1) is 19.4.